The molecule has 3 nitrogen and oxygen atoms in total. The Morgan fingerprint density at radius 1 is 1.63 bits per heavy atom. The number of likely N-dealkylation sites (tertiary alicyclic amines) is 1. The van der Waals surface area contributed by atoms with Crippen LogP contribution in [0.15, 0.2) is 15.9 Å². The molecular weight excluding hydrogens is 324 g/mol. The monoisotopic (exact) mass is 346 g/mol. The maximum atomic E-state index is 6.01. The predicted molar refractivity (Wildman–Crippen MR) is 84.7 cm³/mol. The minimum absolute atomic E-state index is 0.322. The van der Waals surface area contributed by atoms with Gasteiger partial charge in [-0.15, -0.1) is 11.3 Å². The largest absolute Gasteiger partial charge is 0.377 e. The highest BCUT2D eigenvalue weighted by Gasteiger charge is 2.28. The Hall–Kier alpha value is 0.0600. The molecule has 0 spiro atoms. The Morgan fingerprint density at radius 3 is 3.11 bits per heavy atom. The normalized spacial score (nSPS) is 22.6. The van der Waals surface area contributed by atoms with Crippen LogP contribution in [0.1, 0.15) is 37.1 Å². The molecule has 1 aromatic heterocycles. The van der Waals surface area contributed by atoms with Crippen molar-refractivity contribution in [3.8, 4) is 0 Å². The van der Waals surface area contributed by atoms with Crippen LogP contribution in [-0.4, -0.2) is 37.2 Å². The van der Waals surface area contributed by atoms with E-state index in [0.29, 0.717) is 18.7 Å². The lowest BCUT2D eigenvalue weighted by atomic mass is 10.0. The van der Waals surface area contributed by atoms with Crippen LogP contribution in [0.5, 0.6) is 0 Å². The zero-order valence-corrected chi connectivity index (χ0v) is 13.9. The minimum atomic E-state index is 0.322. The molecule has 2 atom stereocenters. The summed E-state index contributed by atoms with van der Waals surface area (Å²) >= 11 is 5.41. The van der Waals surface area contributed by atoms with Crippen LogP contribution < -0.4 is 5.73 Å². The molecule has 0 aromatic carbocycles. The summed E-state index contributed by atoms with van der Waals surface area (Å²) in [5.74, 6) is 0. The molecule has 0 radical (unpaired) electrons. The number of piperidine rings is 1. The number of halogens is 1. The van der Waals surface area contributed by atoms with Crippen LogP contribution in [0.25, 0.3) is 0 Å². The molecule has 2 unspecified atom stereocenters. The molecule has 0 aliphatic carbocycles. The van der Waals surface area contributed by atoms with Crippen molar-refractivity contribution in [3.05, 3.63) is 20.8 Å². The van der Waals surface area contributed by atoms with Crippen LogP contribution in [0.2, 0.25) is 0 Å². The average Bonchev–Trinajstić information content (AvgIpc) is 2.84. The van der Waals surface area contributed by atoms with Crippen molar-refractivity contribution in [2.75, 3.05) is 26.2 Å². The van der Waals surface area contributed by atoms with Gasteiger partial charge in [-0.1, -0.05) is 6.92 Å². The molecule has 1 fully saturated rings. The van der Waals surface area contributed by atoms with Crippen molar-refractivity contribution in [3.63, 3.8) is 0 Å². The number of ether oxygens (including phenoxy) is 1. The van der Waals surface area contributed by atoms with E-state index in [0.717, 1.165) is 26.1 Å². The van der Waals surface area contributed by atoms with Crippen LogP contribution in [0.4, 0.5) is 0 Å². The third-order valence-electron chi connectivity index (χ3n) is 3.58. The van der Waals surface area contributed by atoms with Crippen molar-refractivity contribution in [1.29, 1.82) is 0 Å². The minimum Gasteiger partial charge on any atom is -0.377 e. The van der Waals surface area contributed by atoms with E-state index in [9.17, 15) is 0 Å². The molecule has 1 aliphatic heterocycles. The molecule has 0 saturated carbocycles. The predicted octanol–water partition coefficient (Wildman–Crippen LogP) is 3.40. The third kappa shape index (κ3) is 4.02. The number of nitrogens with two attached hydrogens (primary N) is 1. The number of hydrogen-bond acceptors (Lipinski definition) is 4. The number of rotatable bonds is 6. The van der Waals surface area contributed by atoms with Gasteiger partial charge in [-0.2, -0.15) is 0 Å². The highest BCUT2D eigenvalue weighted by atomic mass is 79.9. The SMILES string of the molecule is CCCOC1CCCN(C(CN)c2sccc2Br)C1. The first-order valence-electron chi connectivity index (χ1n) is 7.04. The molecule has 0 bridgehead atoms. The Bertz CT molecular complexity index is 385. The smallest absolute Gasteiger partial charge is 0.0702 e. The lowest BCUT2D eigenvalue weighted by Gasteiger charge is -2.37. The summed E-state index contributed by atoms with van der Waals surface area (Å²) in [7, 11) is 0. The molecule has 2 N–H and O–H groups in total. The van der Waals surface area contributed by atoms with Gasteiger partial charge in [0.15, 0.2) is 0 Å². The van der Waals surface area contributed by atoms with Gasteiger partial charge in [0.1, 0.15) is 0 Å². The Balaban J connectivity index is 2.00. The fraction of sp³-hybridized carbons (Fsp3) is 0.714. The van der Waals surface area contributed by atoms with Gasteiger partial charge >= 0.3 is 0 Å². The summed E-state index contributed by atoms with van der Waals surface area (Å²) in [6.07, 6.45) is 3.85. The van der Waals surface area contributed by atoms with E-state index >= 15 is 0 Å². The van der Waals surface area contributed by atoms with Gasteiger partial charge in [0.25, 0.3) is 0 Å². The van der Waals surface area contributed by atoms with E-state index < -0.39 is 0 Å². The molecular formula is C14H23BrN2OS. The second-order valence-electron chi connectivity index (χ2n) is 5.01. The van der Waals surface area contributed by atoms with E-state index in [1.54, 1.807) is 11.3 Å². The Morgan fingerprint density at radius 2 is 2.47 bits per heavy atom. The molecule has 1 aromatic rings. The van der Waals surface area contributed by atoms with Crippen molar-refractivity contribution in [2.45, 2.75) is 38.3 Å². The highest BCUT2D eigenvalue weighted by molar-refractivity contribution is 9.10. The number of hydrogen-bond donors (Lipinski definition) is 1. The molecule has 2 heterocycles. The first kappa shape index (κ1) is 15.4. The summed E-state index contributed by atoms with van der Waals surface area (Å²) < 4.78 is 7.10. The van der Waals surface area contributed by atoms with Crippen molar-refractivity contribution in [1.82, 2.24) is 4.90 Å². The van der Waals surface area contributed by atoms with E-state index in [2.05, 4.69) is 39.2 Å². The van der Waals surface area contributed by atoms with Crippen LogP contribution in [-0.2, 0) is 4.74 Å². The molecule has 1 aliphatic rings. The molecule has 0 amide bonds. The van der Waals surface area contributed by atoms with E-state index in [4.69, 9.17) is 10.5 Å². The standard InChI is InChI=1S/C14H23BrN2OS/c1-2-7-18-11-4-3-6-17(10-11)13(9-16)14-12(15)5-8-19-14/h5,8,11,13H,2-4,6-7,9-10,16H2,1H3. The van der Waals surface area contributed by atoms with Gasteiger partial charge < -0.3 is 10.5 Å². The van der Waals surface area contributed by atoms with Crippen molar-refractivity contribution < 1.29 is 4.74 Å². The highest BCUT2D eigenvalue weighted by Crippen LogP contribution is 2.33. The number of thiophene rings is 1. The molecule has 2 rings (SSSR count). The molecule has 108 valence electrons. The zero-order chi connectivity index (χ0) is 13.7. The maximum absolute atomic E-state index is 6.01. The molecule has 1 saturated heterocycles. The van der Waals surface area contributed by atoms with Gasteiger partial charge in [-0.05, 0) is 53.2 Å². The second-order valence-corrected chi connectivity index (χ2v) is 6.82. The second kappa shape index (κ2) is 7.74. The van der Waals surface area contributed by atoms with E-state index in [-0.39, 0.29) is 0 Å². The molecule has 5 heteroatoms. The van der Waals surface area contributed by atoms with Crippen molar-refractivity contribution in [2.24, 2.45) is 5.73 Å². The van der Waals surface area contributed by atoms with Gasteiger partial charge in [-0.3, -0.25) is 4.90 Å². The average molecular weight is 347 g/mol. The summed E-state index contributed by atoms with van der Waals surface area (Å²) in [5.41, 5.74) is 6.01. The Labute approximate surface area is 128 Å². The van der Waals surface area contributed by atoms with Gasteiger partial charge in [0.2, 0.25) is 0 Å². The van der Waals surface area contributed by atoms with Crippen LogP contribution >= 0.6 is 27.3 Å². The van der Waals surface area contributed by atoms with E-state index in [1.807, 2.05) is 0 Å². The zero-order valence-electron chi connectivity index (χ0n) is 11.5. The van der Waals surface area contributed by atoms with Crippen LogP contribution in [0.3, 0.4) is 0 Å². The van der Waals surface area contributed by atoms with Gasteiger partial charge in [-0.25, -0.2) is 0 Å². The summed E-state index contributed by atoms with van der Waals surface area (Å²) in [6, 6.07) is 2.43. The lowest BCUT2D eigenvalue weighted by molar-refractivity contribution is -0.0115. The third-order valence-corrected chi connectivity index (χ3v) is 5.55. The van der Waals surface area contributed by atoms with E-state index in [1.165, 1.54) is 22.2 Å². The first-order chi connectivity index (χ1) is 9.26. The summed E-state index contributed by atoms with van der Waals surface area (Å²) in [5, 5.41) is 2.12. The quantitative estimate of drug-likeness (QED) is 0.857. The lowest BCUT2D eigenvalue weighted by Crippen LogP contribution is -2.44. The maximum Gasteiger partial charge on any atom is 0.0702 e. The summed E-state index contributed by atoms with van der Waals surface area (Å²) in [4.78, 5) is 3.83. The summed E-state index contributed by atoms with van der Waals surface area (Å²) in [6.45, 7) is 5.82. The van der Waals surface area contributed by atoms with Crippen molar-refractivity contribution >= 4 is 27.3 Å². The van der Waals surface area contributed by atoms with Gasteiger partial charge in [0.05, 0.1) is 12.1 Å². The fourth-order valence-corrected chi connectivity index (χ4v) is 4.42. The fourth-order valence-electron chi connectivity index (χ4n) is 2.63. The Kier molecular flexibility index (Phi) is 6.29. The van der Waals surface area contributed by atoms with Gasteiger partial charge in [0, 0.05) is 29.0 Å². The molecule has 19 heavy (non-hydrogen) atoms. The number of nitrogens with zero attached hydrogens (tertiary/aromatic N) is 1. The topological polar surface area (TPSA) is 38.5 Å². The first-order valence-corrected chi connectivity index (χ1v) is 8.72. The van der Waals surface area contributed by atoms with Crippen LogP contribution in [0, 0.1) is 0 Å².